The molecule has 0 bridgehead atoms. The molecule has 1 aromatic rings. The van der Waals surface area contributed by atoms with Crippen LogP contribution in [-0.2, 0) is 9.59 Å². The van der Waals surface area contributed by atoms with Gasteiger partial charge in [-0.3, -0.25) is 14.4 Å². The summed E-state index contributed by atoms with van der Waals surface area (Å²) in [4.78, 5) is 36.4. The van der Waals surface area contributed by atoms with Crippen LogP contribution in [0.3, 0.4) is 0 Å². The van der Waals surface area contributed by atoms with Gasteiger partial charge in [0.05, 0.1) is 11.5 Å². The molecular formula is C15H18ClN3O4. The van der Waals surface area contributed by atoms with Gasteiger partial charge < -0.3 is 21.1 Å². The number of nitrogens with two attached hydrogens (primary N) is 2. The number of hydrogen-bond acceptors (Lipinski definition) is 4. The first-order valence-electron chi connectivity index (χ1n) is 7.17. The molecule has 23 heavy (non-hydrogen) atoms. The van der Waals surface area contributed by atoms with E-state index in [1.165, 1.54) is 18.2 Å². The minimum absolute atomic E-state index is 0.110. The van der Waals surface area contributed by atoms with Crippen molar-refractivity contribution in [2.24, 2.45) is 17.4 Å². The third-order valence-electron chi connectivity index (χ3n) is 3.73. The molecule has 1 heterocycles. The molecule has 0 spiro atoms. The third kappa shape index (κ3) is 4.35. The van der Waals surface area contributed by atoms with Crippen molar-refractivity contribution in [3.63, 3.8) is 0 Å². The van der Waals surface area contributed by atoms with E-state index in [9.17, 15) is 14.4 Å². The van der Waals surface area contributed by atoms with Gasteiger partial charge in [0.1, 0.15) is 5.75 Å². The lowest BCUT2D eigenvalue weighted by molar-refractivity contribution is -0.136. The number of rotatable bonds is 5. The maximum absolute atomic E-state index is 12.2. The highest BCUT2D eigenvalue weighted by Crippen LogP contribution is 2.23. The van der Waals surface area contributed by atoms with E-state index in [0.29, 0.717) is 31.0 Å². The van der Waals surface area contributed by atoms with Gasteiger partial charge in [0.25, 0.3) is 11.8 Å². The molecule has 124 valence electrons. The van der Waals surface area contributed by atoms with Crippen molar-refractivity contribution >= 4 is 29.3 Å². The summed E-state index contributed by atoms with van der Waals surface area (Å²) in [5.74, 6) is -1.51. The zero-order valence-corrected chi connectivity index (χ0v) is 13.2. The van der Waals surface area contributed by atoms with Crippen LogP contribution >= 0.6 is 11.6 Å². The van der Waals surface area contributed by atoms with Crippen LogP contribution in [0.25, 0.3) is 0 Å². The lowest BCUT2D eigenvalue weighted by Gasteiger charge is -2.31. The fourth-order valence-corrected chi connectivity index (χ4v) is 2.66. The largest absolute Gasteiger partial charge is 0.483 e. The fourth-order valence-electron chi connectivity index (χ4n) is 2.49. The second-order valence-electron chi connectivity index (χ2n) is 5.37. The van der Waals surface area contributed by atoms with Crippen LogP contribution in [0.5, 0.6) is 5.75 Å². The van der Waals surface area contributed by atoms with Gasteiger partial charge in [-0.2, -0.15) is 0 Å². The van der Waals surface area contributed by atoms with Gasteiger partial charge in [0, 0.05) is 18.1 Å². The van der Waals surface area contributed by atoms with E-state index in [2.05, 4.69) is 0 Å². The summed E-state index contributed by atoms with van der Waals surface area (Å²) in [6, 6.07) is 4.41. The van der Waals surface area contributed by atoms with Gasteiger partial charge in [-0.15, -0.1) is 0 Å². The van der Waals surface area contributed by atoms with Crippen molar-refractivity contribution in [2.45, 2.75) is 12.8 Å². The average molecular weight is 340 g/mol. The van der Waals surface area contributed by atoms with Crippen LogP contribution in [-0.4, -0.2) is 42.3 Å². The Morgan fingerprint density at radius 2 is 2.04 bits per heavy atom. The van der Waals surface area contributed by atoms with Crippen LogP contribution in [0.1, 0.15) is 23.2 Å². The number of likely N-dealkylation sites (tertiary alicyclic amines) is 1. The molecule has 0 radical (unpaired) electrons. The number of piperidine rings is 1. The Morgan fingerprint density at radius 1 is 1.30 bits per heavy atom. The van der Waals surface area contributed by atoms with E-state index in [-0.39, 0.29) is 29.7 Å². The molecule has 1 atom stereocenters. The van der Waals surface area contributed by atoms with Crippen LogP contribution in [0.15, 0.2) is 18.2 Å². The van der Waals surface area contributed by atoms with Gasteiger partial charge in [-0.05, 0) is 31.0 Å². The molecule has 4 N–H and O–H groups in total. The molecule has 0 saturated carbocycles. The maximum atomic E-state index is 12.2. The summed E-state index contributed by atoms with van der Waals surface area (Å²) in [6.45, 7) is 0.587. The van der Waals surface area contributed by atoms with E-state index in [1.54, 1.807) is 4.90 Å². The second kappa shape index (κ2) is 7.32. The Bertz CT molecular complexity index is 635. The Hall–Kier alpha value is -2.28. The van der Waals surface area contributed by atoms with Crippen LogP contribution in [0.2, 0.25) is 5.02 Å². The number of ether oxygens (including phenoxy) is 1. The molecule has 1 aliphatic heterocycles. The summed E-state index contributed by atoms with van der Waals surface area (Å²) >= 11 is 5.81. The summed E-state index contributed by atoms with van der Waals surface area (Å²) in [5, 5.41) is 0.345. The lowest BCUT2D eigenvalue weighted by atomic mass is 9.97. The predicted octanol–water partition coefficient (Wildman–Crippen LogP) is 0.542. The summed E-state index contributed by atoms with van der Waals surface area (Å²) < 4.78 is 5.40. The lowest BCUT2D eigenvalue weighted by Crippen LogP contribution is -2.45. The van der Waals surface area contributed by atoms with E-state index in [1.807, 2.05) is 0 Å². The molecule has 3 amide bonds. The molecule has 1 aliphatic rings. The molecule has 0 aliphatic carbocycles. The standard InChI is InChI=1S/C15H18ClN3O4/c16-10-3-4-12(11(6-10)15(18)22)23-8-13(20)19-5-1-2-9(7-19)14(17)21/h3-4,6,9H,1-2,5,7-8H2,(H2,17,21)(H2,18,22). The quantitative estimate of drug-likeness (QED) is 0.814. The van der Waals surface area contributed by atoms with Gasteiger partial charge >= 0.3 is 0 Å². The molecule has 1 aromatic carbocycles. The minimum atomic E-state index is -0.693. The Morgan fingerprint density at radius 3 is 2.70 bits per heavy atom. The summed E-state index contributed by atoms with van der Waals surface area (Å²) in [7, 11) is 0. The van der Waals surface area contributed by atoms with E-state index < -0.39 is 11.8 Å². The highest BCUT2D eigenvalue weighted by molar-refractivity contribution is 6.31. The van der Waals surface area contributed by atoms with Gasteiger partial charge in [0.2, 0.25) is 5.91 Å². The maximum Gasteiger partial charge on any atom is 0.260 e. The smallest absolute Gasteiger partial charge is 0.260 e. The molecule has 8 heteroatoms. The van der Waals surface area contributed by atoms with Crippen molar-refractivity contribution in [3.8, 4) is 5.75 Å². The fraction of sp³-hybridized carbons (Fsp3) is 0.400. The van der Waals surface area contributed by atoms with Crippen LogP contribution in [0, 0.1) is 5.92 Å². The number of nitrogens with zero attached hydrogens (tertiary/aromatic N) is 1. The number of hydrogen-bond donors (Lipinski definition) is 2. The molecule has 0 aromatic heterocycles. The highest BCUT2D eigenvalue weighted by atomic mass is 35.5. The summed E-state index contributed by atoms with van der Waals surface area (Å²) in [5.41, 5.74) is 10.7. The average Bonchev–Trinajstić information content (AvgIpc) is 2.53. The topological polar surface area (TPSA) is 116 Å². The second-order valence-corrected chi connectivity index (χ2v) is 5.81. The zero-order valence-electron chi connectivity index (χ0n) is 12.5. The van der Waals surface area contributed by atoms with Crippen molar-refractivity contribution in [1.82, 2.24) is 4.90 Å². The molecule has 1 saturated heterocycles. The van der Waals surface area contributed by atoms with Gasteiger partial charge in [0.15, 0.2) is 6.61 Å². The van der Waals surface area contributed by atoms with Gasteiger partial charge in [-0.25, -0.2) is 0 Å². The normalized spacial score (nSPS) is 17.6. The van der Waals surface area contributed by atoms with E-state index in [0.717, 1.165) is 0 Å². The van der Waals surface area contributed by atoms with Gasteiger partial charge in [-0.1, -0.05) is 11.6 Å². The molecule has 7 nitrogen and oxygen atoms in total. The highest BCUT2D eigenvalue weighted by Gasteiger charge is 2.27. The molecule has 1 fully saturated rings. The molecular weight excluding hydrogens is 322 g/mol. The monoisotopic (exact) mass is 339 g/mol. The third-order valence-corrected chi connectivity index (χ3v) is 3.97. The van der Waals surface area contributed by atoms with E-state index in [4.69, 9.17) is 27.8 Å². The number of benzene rings is 1. The first-order valence-corrected chi connectivity index (χ1v) is 7.55. The number of carbonyl (C=O) groups excluding carboxylic acids is 3. The number of primary amides is 2. The minimum Gasteiger partial charge on any atom is -0.483 e. The number of halogens is 1. The van der Waals surface area contributed by atoms with Crippen LogP contribution in [0.4, 0.5) is 0 Å². The van der Waals surface area contributed by atoms with E-state index >= 15 is 0 Å². The first-order chi connectivity index (χ1) is 10.9. The Kier molecular flexibility index (Phi) is 5.44. The number of carbonyl (C=O) groups is 3. The van der Waals surface area contributed by atoms with Crippen molar-refractivity contribution in [2.75, 3.05) is 19.7 Å². The summed E-state index contributed by atoms with van der Waals surface area (Å²) in [6.07, 6.45) is 1.40. The van der Waals surface area contributed by atoms with Crippen molar-refractivity contribution in [1.29, 1.82) is 0 Å². The van der Waals surface area contributed by atoms with Crippen molar-refractivity contribution < 1.29 is 19.1 Å². The van der Waals surface area contributed by atoms with Crippen LogP contribution < -0.4 is 16.2 Å². The molecule has 1 unspecified atom stereocenters. The Balaban J connectivity index is 1.99. The molecule has 2 rings (SSSR count). The number of amides is 3. The van der Waals surface area contributed by atoms with Crippen molar-refractivity contribution in [3.05, 3.63) is 28.8 Å². The SMILES string of the molecule is NC(=O)c1cc(Cl)ccc1OCC(=O)N1CCCC(C(N)=O)C1. The predicted molar refractivity (Wildman–Crippen MR) is 84.0 cm³/mol. The zero-order chi connectivity index (χ0) is 17.0. The first kappa shape index (κ1) is 17.1. The Labute approximate surface area is 138 Å².